The number of halogens is 2. The van der Waals surface area contributed by atoms with Gasteiger partial charge in [-0.25, -0.2) is 18.9 Å². The molecule has 2 aromatic heterocycles. The predicted molar refractivity (Wildman–Crippen MR) is 111 cm³/mol. The van der Waals surface area contributed by atoms with Crippen molar-refractivity contribution in [2.24, 2.45) is 0 Å². The summed E-state index contributed by atoms with van der Waals surface area (Å²) in [6, 6.07) is 15.4. The minimum Gasteiger partial charge on any atom is -0.268 e. The number of benzene rings is 2. The summed E-state index contributed by atoms with van der Waals surface area (Å²) in [5.41, 5.74) is 1.59. The summed E-state index contributed by atoms with van der Waals surface area (Å²) >= 11 is 7.40. The van der Waals surface area contributed by atoms with Crippen molar-refractivity contribution in [1.29, 1.82) is 0 Å². The van der Waals surface area contributed by atoms with Crippen LogP contribution in [0.15, 0.2) is 70.7 Å². The number of hydrogen-bond acceptors (Lipinski definition) is 4. The smallest absolute Gasteiger partial charge is 0.267 e. The van der Waals surface area contributed by atoms with Gasteiger partial charge in [-0.2, -0.15) is 0 Å². The van der Waals surface area contributed by atoms with E-state index in [0.29, 0.717) is 32.5 Å². The van der Waals surface area contributed by atoms with Gasteiger partial charge in [-0.05, 0) is 42.8 Å². The van der Waals surface area contributed by atoms with Gasteiger partial charge in [0.25, 0.3) is 5.56 Å². The molecule has 4 nitrogen and oxygen atoms in total. The van der Waals surface area contributed by atoms with Crippen LogP contribution >= 0.6 is 23.4 Å². The van der Waals surface area contributed by atoms with Crippen molar-refractivity contribution < 1.29 is 4.39 Å². The van der Waals surface area contributed by atoms with Gasteiger partial charge in [0, 0.05) is 22.5 Å². The lowest BCUT2D eigenvalue weighted by atomic mass is 10.2. The molecule has 0 saturated carbocycles. The highest BCUT2D eigenvalue weighted by Crippen LogP contribution is 2.29. The molecule has 0 radical (unpaired) electrons. The summed E-state index contributed by atoms with van der Waals surface area (Å²) in [6.45, 7) is 1.88. The maximum atomic E-state index is 14.2. The minimum absolute atomic E-state index is 0.213. The molecule has 28 heavy (non-hydrogen) atoms. The van der Waals surface area contributed by atoms with E-state index in [1.807, 2.05) is 25.1 Å². The molecule has 0 atom stereocenters. The van der Waals surface area contributed by atoms with Gasteiger partial charge in [0.2, 0.25) is 0 Å². The second-order valence-corrected chi connectivity index (χ2v) is 7.53. The zero-order valence-corrected chi connectivity index (χ0v) is 16.5. The molecule has 2 heterocycles. The Labute approximate surface area is 170 Å². The average Bonchev–Trinajstić information content (AvgIpc) is 2.69. The first kappa shape index (κ1) is 18.7. The Morgan fingerprint density at radius 3 is 2.71 bits per heavy atom. The number of hydrogen-bond donors (Lipinski definition) is 0. The second kappa shape index (κ2) is 7.73. The molecule has 0 N–H and O–H groups in total. The molecule has 4 rings (SSSR count). The molecule has 0 fully saturated rings. The average molecular weight is 412 g/mol. The number of fused-ring (bicyclic) bond motifs is 1. The quantitative estimate of drug-likeness (QED) is 0.343. The Hall–Kier alpha value is -2.70. The molecular weight excluding hydrogens is 397 g/mol. The van der Waals surface area contributed by atoms with Crippen molar-refractivity contribution in [3.05, 3.63) is 93.1 Å². The van der Waals surface area contributed by atoms with Gasteiger partial charge in [0.15, 0.2) is 5.16 Å². The maximum Gasteiger partial charge on any atom is 0.267 e. The van der Waals surface area contributed by atoms with Crippen LogP contribution in [0.1, 0.15) is 11.1 Å². The van der Waals surface area contributed by atoms with Crippen LogP contribution in [0, 0.1) is 12.7 Å². The van der Waals surface area contributed by atoms with Crippen LogP contribution in [-0.2, 0) is 5.75 Å². The highest BCUT2D eigenvalue weighted by atomic mass is 35.5. The normalized spacial score (nSPS) is 11.1. The van der Waals surface area contributed by atoms with Crippen LogP contribution < -0.4 is 5.56 Å². The molecule has 140 valence electrons. The van der Waals surface area contributed by atoms with Crippen LogP contribution in [0.5, 0.6) is 0 Å². The number of pyridine rings is 1. The zero-order chi connectivity index (χ0) is 19.7. The van der Waals surface area contributed by atoms with Crippen molar-refractivity contribution in [2.45, 2.75) is 17.8 Å². The molecule has 0 aliphatic rings. The number of aromatic nitrogens is 3. The third-order valence-corrected chi connectivity index (χ3v) is 5.67. The Morgan fingerprint density at radius 2 is 1.93 bits per heavy atom. The first-order valence-electron chi connectivity index (χ1n) is 8.55. The Balaban J connectivity index is 1.88. The van der Waals surface area contributed by atoms with Crippen LogP contribution in [0.4, 0.5) is 4.39 Å². The van der Waals surface area contributed by atoms with E-state index < -0.39 is 0 Å². The number of aryl methyl sites for hydroxylation is 1. The lowest BCUT2D eigenvalue weighted by Crippen LogP contribution is -2.23. The van der Waals surface area contributed by atoms with Gasteiger partial charge in [-0.3, -0.25) is 4.79 Å². The van der Waals surface area contributed by atoms with E-state index in [1.54, 1.807) is 36.5 Å². The molecule has 4 aromatic rings. The highest BCUT2D eigenvalue weighted by molar-refractivity contribution is 7.98. The molecule has 0 aliphatic heterocycles. The molecule has 0 spiro atoms. The summed E-state index contributed by atoms with van der Waals surface area (Å²) in [6.07, 6.45) is 1.63. The SMILES string of the molecule is Cc1cccnc1-n1c(SCc2c(F)cccc2Cl)nc2ccccc2c1=O. The summed E-state index contributed by atoms with van der Waals surface area (Å²) in [5, 5.41) is 1.28. The number of rotatable bonds is 4. The van der Waals surface area contributed by atoms with Gasteiger partial charge in [0.05, 0.1) is 10.9 Å². The fourth-order valence-corrected chi connectivity index (χ4v) is 4.25. The van der Waals surface area contributed by atoms with Gasteiger partial charge < -0.3 is 0 Å². The van der Waals surface area contributed by atoms with E-state index in [9.17, 15) is 9.18 Å². The lowest BCUT2D eigenvalue weighted by molar-refractivity contribution is 0.617. The third-order valence-electron chi connectivity index (χ3n) is 4.35. The molecule has 0 unspecified atom stereocenters. The number of thioether (sulfide) groups is 1. The van der Waals surface area contributed by atoms with Gasteiger partial charge in [-0.15, -0.1) is 0 Å². The van der Waals surface area contributed by atoms with Crippen molar-refractivity contribution in [1.82, 2.24) is 14.5 Å². The summed E-state index contributed by atoms with van der Waals surface area (Å²) in [7, 11) is 0. The minimum atomic E-state index is -0.385. The molecule has 7 heteroatoms. The van der Waals surface area contributed by atoms with Crippen molar-refractivity contribution in [3.63, 3.8) is 0 Å². The Morgan fingerprint density at radius 1 is 1.11 bits per heavy atom. The highest BCUT2D eigenvalue weighted by Gasteiger charge is 2.17. The summed E-state index contributed by atoms with van der Waals surface area (Å²) in [4.78, 5) is 22.2. The van der Waals surface area contributed by atoms with Crippen LogP contribution in [0.25, 0.3) is 16.7 Å². The monoisotopic (exact) mass is 411 g/mol. The Kier molecular flexibility index (Phi) is 5.15. The third kappa shape index (κ3) is 3.41. The molecular formula is C21H15ClFN3OS. The van der Waals surface area contributed by atoms with Gasteiger partial charge in [0.1, 0.15) is 11.6 Å². The van der Waals surface area contributed by atoms with Gasteiger partial charge in [-0.1, -0.05) is 47.6 Å². The zero-order valence-electron chi connectivity index (χ0n) is 14.9. The van der Waals surface area contributed by atoms with Crippen LogP contribution in [-0.4, -0.2) is 14.5 Å². The van der Waals surface area contributed by atoms with Crippen LogP contribution in [0.2, 0.25) is 5.02 Å². The standard InChI is InChI=1S/C21H15ClFN3OS/c1-13-6-5-11-24-19(13)26-20(27)14-7-2-3-10-18(14)25-21(26)28-12-15-16(22)8-4-9-17(15)23/h2-11H,12H2,1H3. The van der Waals surface area contributed by atoms with Crippen molar-refractivity contribution in [3.8, 4) is 5.82 Å². The second-order valence-electron chi connectivity index (χ2n) is 6.18. The summed E-state index contributed by atoms with van der Waals surface area (Å²) < 4.78 is 15.7. The van der Waals surface area contributed by atoms with Crippen LogP contribution in [0.3, 0.4) is 0 Å². The summed E-state index contributed by atoms with van der Waals surface area (Å²) in [5.74, 6) is 0.360. The fraction of sp³-hybridized carbons (Fsp3) is 0.0952. The fourth-order valence-electron chi connectivity index (χ4n) is 2.91. The first-order chi connectivity index (χ1) is 13.6. The van der Waals surface area contributed by atoms with Crippen molar-refractivity contribution in [2.75, 3.05) is 0 Å². The van der Waals surface area contributed by atoms with E-state index in [1.165, 1.54) is 22.4 Å². The number of nitrogens with zero attached hydrogens (tertiary/aromatic N) is 3. The van der Waals surface area contributed by atoms with Gasteiger partial charge >= 0.3 is 0 Å². The number of para-hydroxylation sites is 1. The van der Waals surface area contributed by atoms with E-state index in [-0.39, 0.29) is 17.1 Å². The topological polar surface area (TPSA) is 47.8 Å². The molecule has 0 bridgehead atoms. The maximum absolute atomic E-state index is 14.2. The van der Waals surface area contributed by atoms with E-state index >= 15 is 0 Å². The predicted octanol–water partition coefficient (Wildman–Crippen LogP) is 5.17. The van der Waals surface area contributed by atoms with E-state index in [0.717, 1.165) is 5.56 Å². The Bertz CT molecular complexity index is 1220. The van der Waals surface area contributed by atoms with E-state index in [4.69, 9.17) is 11.6 Å². The van der Waals surface area contributed by atoms with E-state index in [2.05, 4.69) is 9.97 Å². The molecule has 2 aromatic carbocycles. The molecule has 0 aliphatic carbocycles. The first-order valence-corrected chi connectivity index (χ1v) is 9.92. The molecule has 0 amide bonds. The molecule has 0 saturated heterocycles. The largest absolute Gasteiger partial charge is 0.268 e. The lowest BCUT2D eigenvalue weighted by Gasteiger charge is -2.14. The van der Waals surface area contributed by atoms with Crippen molar-refractivity contribution >= 4 is 34.3 Å².